The molecule has 4 saturated heterocycles. The van der Waals surface area contributed by atoms with Crippen molar-refractivity contribution in [3.05, 3.63) is 59.8 Å². The Balaban J connectivity index is 0.699. The molecule has 5 fully saturated rings. The van der Waals surface area contributed by atoms with Gasteiger partial charge < -0.3 is 15.0 Å². The number of piperidine rings is 1. The molecule has 20 heteroatoms. The van der Waals surface area contributed by atoms with Gasteiger partial charge in [0.25, 0.3) is 12.3 Å². The fourth-order valence-corrected chi connectivity index (χ4v) is 11.6. The van der Waals surface area contributed by atoms with Crippen LogP contribution < -0.4 is 20.9 Å². The molecule has 1 saturated carbocycles. The van der Waals surface area contributed by atoms with E-state index in [1.807, 2.05) is 24.3 Å². The number of ether oxygens (including phenoxy) is 1. The molecule has 2 bridgehead atoms. The van der Waals surface area contributed by atoms with Crippen LogP contribution in [-0.4, -0.2) is 141 Å². The van der Waals surface area contributed by atoms with Crippen molar-refractivity contribution in [1.29, 1.82) is 0 Å². The molecule has 3 atom stereocenters. The van der Waals surface area contributed by atoms with E-state index in [0.29, 0.717) is 30.3 Å². The molecule has 61 heavy (non-hydrogen) atoms. The third-order valence-corrected chi connectivity index (χ3v) is 14.8. The zero-order valence-corrected chi connectivity index (χ0v) is 35.1. The van der Waals surface area contributed by atoms with Crippen LogP contribution in [-0.2, 0) is 19.1 Å². The fraction of sp³-hybridized carbons (Fsp3) is 0.512. The normalized spacial score (nSPS) is 24.9. The number of halogens is 2. The summed E-state index contributed by atoms with van der Waals surface area (Å²) in [7, 11) is 0. The number of piperazine rings is 1. The summed E-state index contributed by atoms with van der Waals surface area (Å²) in [6, 6.07) is 7.71. The summed E-state index contributed by atoms with van der Waals surface area (Å²) in [6.07, 6.45) is 7.10. The molecule has 1 aliphatic carbocycles. The summed E-state index contributed by atoms with van der Waals surface area (Å²) >= 11 is -0.278. The van der Waals surface area contributed by atoms with E-state index in [0.717, 1.165) is 92.5 Å². The first kappa shape index (κ1) is 40.0. The van der Waals surface area contributed by atoms with E-state index >= 15 is 0 Å². The molecule has 3 N–H and O–H groups in total. The molecule has 0 radical (unpaired) electrons. The molecule has 17 nitrogen and oxygen atoms in total. The summed E-state index contributed by atoms with van der Waals surface area (Å²) in [5, 5.41) is 17.6. The minimum atomic E-state index is -2.87. The van der Waals surface area contributed by atoms with Crippen LogP contribution in [0.1, 0.15) is 85.1 Å². The molecule has 10 rings (SSSR count). The molecule has 4 aliphatic heterocycles. The van der Waals surface area contributed by atoms with Crippen molar-refractivity contribution in [1.82, 2.24) is 43.5 Å². The number of carbonyl (C=O) groups excluding carboxylic acids is 4. The zero-order valence-electron chi connectivity index (χ0n) is 33.3. The van der Waals surface area contributed by atoms with Gasteiger partial charge in [0.05, 0.1) is 36.7 Å². The van der Waals surface area contributed by atoms with Gasteiger partial charge in [-0.05, 0) is 25.3 Å². The second-order valence-electron chi connectivity index (χ2n) is 16.8. The van der Waals surface area contributed by atoms with Crippen molar-refractivity contribution in [3.8, 4) is 0 Å². The average molecular weight is 904 g/mol. The SMILES string of the molecule is O=C1CCC(c2n[se]c3c(NC(=O)CN4CCN(CC5CCC(n6cc(NC(=O)c7cnn8ccc(N9C[C@H]%10C[C@@H]9CO%10)nc78)c(C(F)F)n6)CC5)CC4)cccc23)C(=O)N1. The van der Waals surface area contributed by atoms with E-state index in [9.17, 15) is 28.0 Å². The summed E-state index contributed by atoms with van der Waals surface area (Å²) in [4.78, 5) is 62.4. The molecule has 4 amide bonds. The van der Waals surface area contributed by atoms with Gasteiger partial charge in [0, 0.05) is 18.9 Å². The molecule has 5 aliphatic rings. The van der Waals surface area contributed by atoms with Crippen LogP contribution in [0.5, 0.6) is 0 Å². The van der Waals surface area contributed by atoms with Gasteiger partial charge >= 0.3 is 187 Å². The number of morpholine rings is 1. The number of amides is 4. The van der Waals surface area contributed by atoms with Gasteiger partial charge in [0.1, 0.15) is 11.4 Å². The van der Waals surface area contributed by atoms with Gasteiger partial charge in [-0.25, -0.2) is 18.3 Å². The number of alkyl halides is 2. The Bertz CT molecular complexity index is 2490. The first-order valence-electron chi connectivity index (χ1n) is 21.0. The molecular weight excluding hydrogens is 857 g/mol. The van der Waals surface area contributed by atoms with Crippen molar-refractivity contribution in [2.45, 2.75) is 75.5 Å². The van der Waals surface area contributed by atoms with Crippen LogP contribution in [0.4, 0.5) is 26.0 Å². The number of rotatable bonds is 11. The number of aromatic nitrogens is 6. The molecular formula is C41H46F2N12O5Se. The maximum absolute atomic E-state index is 14.3. The molecule has 320 valence electrons. The van der Waals surface area contributed by atoms with Crippen LogP contribution in [0.15, 0.2) is 42.9 Å². The van der Waals surface area contributed by atoms with Gasteiger partial charge in [-0.3, -0.25) is 9.48 Å². The Labute approximate surface area is 355 Å². The summed E-state index contributed by atoms with van der Waals surface area (Å²) in [5.41, 5.74) is 1.49. The third kappa shape index (κ3) is 8.07. The van der Waals surface area contributed by atoms with E-state index < -0.39 is 23.9 Å². The first-order valence-corrected chi connectivity index (χ1v) is 22.6. The monoisotopic (exact) mass is 904 g/mol. The van der Waals surface area contributed by atoms with Crippen LogP contribution in [0.25, 0.3) is 15.3 Å². The van der Waals surface area contributed by atoms with E-state index in [1.165, 1.54) is 16.9 Å². The van der Waals surface area contributed by atoms with Crippen molar-refractivity contribution < 1.29 is 32.7 Å². The molecule has 1 unspecified atom stereocenters. The number of benzene rings is 1. The molecule has 5 aromatic rings. The Morgan fingerprint density at radius 3 is 2.56 bits per heavy atom. The Hall–Kier alpha value is -5.14. The number of nitrogens with one attached hydrogen (secondary N) is 3. The van der Waals surface area contributed by atoms with Crippen molar-refractivity contribution in [2.24, 2.45) is 5.92 Å². The van der Waals surface area contributed by atoms with Crippen LogP contribution in [0, 0.1) is 5.92 Å². The standard InChI is InChI=1S/C41H46F2N12O5Se/c42-38(43)36-31(46-41(59)29-17-44-54-11-10-32(47-39(29)54)53-19-26-16-25(53)22-60-26)20-55(49-36)24-6-4-23(5-7-24)18-51-12-14-52(15-13-51)21-34(57)45-30-3-1-2-27-35(50-61-37(27)30)28-8-9-33(56)48-40(28)58/h1-3,10-11,17,20,23-26,28,38H,4-9,12-16,18-19,21-22H2,(H,45,57)(H,46,59)(H,48,56,58)/t23?,24?,25-,26-,28?/m1/s1. The number of fused-ring (bicyclic) bond motifs is 4. The van der Waals surface area contributed by atoms with E-state index in [1.54, 1.807) is 10.9 Å². The Morgan fingerprint density at radius 1 is 0.984 bits per heavy atom. The van der Waals surface area contributed by atoms with Crippen molar-refractivity contribution in [2.75, 3.05) is 68.0 Å². The summed E-state index contributed by atoms with van der Waals surface area (Å²) in [5.74, 6) is -0.513. The number of hydrogen-bond donors (Lipinski definition) is 3. The molecule has 1 aromatic carbocycles. The molecule has 8 heterocycles. The summed E-state index contributed by atoms with van der Waals surface area (Å²) < 4.78 is 43.0. The Kier molecular flexibility index (Phi) is 10.9. The van der Waals surface area contributed by atoms with Crippen LogP contribution >= 0.6 is 0 Å². The second-order valence-corrected chi connectivity index (χ2v) is 18.4. The van der Waals surface area contributed by atoms with Gasteiger partial charge in [-0.2, -0.15) is 10.2 Å². The number of hydrogen-bond acceptors (Lipinski definition) is 12. The van der Waals surface area contributed by atoms with Crippen molar-refractivity contribution >= 4 is 70.8 Å². The van der Waals surface area contributed by atoms with Gasteiger partial charge in [0.2, 0.25) is 0 Å². The van der Waals surface area contributed by atoms with Gasteiger partial charge in [-0.1, -0.05) is 0 Å². The first-order chi connectivity index (χ1) is 29.6. The van der Waals surface area contributed by atoms with E-state index in [2.05, 4.69) is 40.8 Å². The number of carbonyl (C=O) groups is 4. The van der Waals surface area contributed by atoms with Gasteiger partial charge in [-0.15, -0.1) is 0 Å². The molecule has 0 spiro atoms. The zero-order chi connectivity index (χ0) is 41.8. The molecule has 4 aromatic heterocycles. The minimum absolute atomic E-state index is 0.0142. The van der Waals surface area contributed by atoms with Gasteiger partial charge in [0.15, 0.2) is 11.3 Å². The average Bonchev–Trinajstić information content (AvgIpc) is 4.11. The van der Waals surface area contributed by atoms with Crippen molar-refractivity contribution in [3.63, 3.8) is 0 Å². The van der Waals surface area contributed by atoms with E-state index in [-0.39, 0.29) is 74.9 Å². The topological polar surface area (TPSA) is 184 Å². The van der Waals surface area contributed by atoms with E-state index in [4.69, 9.17) is 13.7 Å². The second kappa shape index (κ2) is 16.6. The van der Waals surface area contributed by atoms with Crippen LogP contribution in [0.2, 0.25) is 0 Å². The predicted molar refractivity (Wildman–Crippen MR) is 220 cm³/mol. The maximum atomic E-state index is 14.3. The fourth-order valence-electron chi connectivity index (χ4n) is 9.66. The number of anilines is 3. The Morgan fingerprint density at radius 2 is 1.80 bits per heavy atom. The predicted octanol–water partition coefficient (Wildman–Crippen LogP) is 3.21. The third-order valence-electron chi connectivity index (χ3n) is 12.9. The summed E-state index contributed by atoms with van der Waals surface area (Å²) in [6.45, 7) is 5.81. The number of nitrogens with zero attached hydrogens (tertiary/aromatic N) is 9. The quantitative estimate of drug-likeness (QED) is 0.130. The van der Waals surface area contributed by atoms with Crippen LogP contribution in [0.3, 0.4) is 0 Å². The number of imide groups is 1.